The Hall–Kier alpha value is -4.02. The maximum Gasteiger partial charge on any atom is 0.250 e. The molecule has 0 radical (unpaired) electrons. The molecule has 9 nitrogen and oxygen atoms in total. The summed E-state index contributed by atoms with van der Waals surface area (Å²) in [5.74, 6) is 1.58. The van der Waals surface area contributed by atoms with E-state index in [1.165, 1.54) is 0 Å². The van der Waals surface area contributed by atoms with E-state index < -0.39 is 11.5 Å². The van der Waals surface area contributed by atoms with Gasteiger partial charge in [-0.15, -0.1) is 11.8 Å². The summed E-state index contributed by atoms with van der Waals surface area (Å²) < 4.78 is 17.0. The molecular formula is C30H28N4O5S. The molecule has 3 aromatic carbocycles. The number of thioether (sulfide) groups is 1. The number of carbonyl (C=O) groups is 2. The number of methoxy groups -OCH3 is 3. The normalized spacial score (nSPS) is 25.2. The average Bonchev–Trinajstić information content (AvgIpc) is 3.74. The van der Waals surface area contributed by atoms with Crippen LogP contribution in [0.2, 0.25) is 0 Å². The van der Waals surface area contributed by atoms with Crippen LogP contribution in [0.15, 0.2) is 60.7 Å². The molecule has 4 atom stereocenters. The topological polar surface area (TPSA) is 106 Å². The van der Waals surface area contributed by atoms with Crippen molar-refractivity contribution in [1.29, 1.82) is 0 Å². The van der Waals surface area contributed by atoms with E-state index in [-0.39, 0.29) is 29.5 Å². The SMILES string of the molecule is COc1cc(C2C3CSCN3[C@@]3(C(=O)Nc4ccccc43)C2C(=O)c2nc3ccccc3[nH]2)cc(OC)c1OC. The monoisotopic (exact) mass is 556 g/mol. The molecule has 0 aliphatic carbocycles. The number of anilines is 1. The first kappa shape index (κ1) is 25.0. The van der Waals surface area contributed by atoms with Crippen molar-refractivity contribution < 1.29 is 23.8 Å². The fraction of sp³-hybridized carbons (Fsp3) is 0.300. The molecule has 4 aromatic rings. The van der Waals surface area contributed by atoms with Crippen molar-refractivity contribution in [2.75, 3.05) is 38.3 Å². The lowest BCUT2D eigenvalue weighted by Gasteiger charge is -2.36. The summed E-state index contributed by atoms with van der Waals surface area (Å²) in [5, 5.41) is 3.10. The van der Waals surface area contributed by atoms with Gasteiger partial charge in [0.25, 0.3) is 0 Å². The van der Waals surface area contributed by atoms with Crippen LogP contribution in [0.5, 0.6) is 17.2 Å². The summed E-state index contributed by atoms with van der Waals surface area (Å²) in [5.41, 5.74) is 2.67. The van der Waals surface area contributed by atoms with Gasteiger partial charge in [0.2, 0.25) is 17.4 Å². The summed E-state index contributed by atoms with van der Waals surface area (Å²) >= 11 is 1.77. The maximum absolute atomic E-state index is 14.8. The molecule has 2 N–H and O–H groups in total. The molecule has 10 heteroatoms. The number of aromatic nitrogens is 2. The van der Waals surface area contributed by atoms with E-state index in [1.807, 2.05) is 60.7 Å². The van der Waals surface area contributed by atoms with Gasteiger partial charge in [0.15, 0.2) is 17.3 Å². The molecule has 1 spiro atoms. The highest BCUT2D eigenvalue weighted by Crippen LogP contribution is 2.62. The highest BCUT2D eigenvalue weighted by atomic mass is 32.2. The fourth-order valence-electron chi connectivity index (χ4n) is 6.92. The lowest BCUT2D eigenvalue weighted by molar-refractivity contribution is -0.127. The van der Waals surface area contributed by atoms with E-state index in [2.05, 4.69) is 20.2 Å². The van der Waals surface area contributed by atoms with Crippen LogP contribution in [0.3, 0.4) is 0 Å². The number of imidazole rings is 1. The number of hydrogen-bond acceptors (Lipinski definition) is 8. The summed E-state index contributed by atoms with van der Waals surface area (Å²) in [6.45, 7) is 0. The van der Waals surface area contributed by atoms with Crippen molar-refractivity contribution in [3.8, 4) is 17.2 Å². The van der Waals surface area contributed by atoms with E-state index in [9.17, 15) is 9.59 Å². The van der Waals surface area contributed by atoms with Crippen LogP contribution in [0.4, 0.5) is 5.69 Å². The van der Waals surface area contributed by atoms with Crippen molar-refractivity contribution in [2.24, 2.45) is 5.92 Å². The van der Waals surface area contributed by atoms with Gasteiger partial charge in [-0.1, -0.05) is 30.3 Å². The number of hydrogen-bond donors (Lipinski definition) is 2. The Kier molecular flexibility index (Phi) is 5.79. The number of aromatic amines is 1. The minimum atomic E-state index is -1.20. The van der Waals surface area contributed by atoms with Crippen LogP contribution >= 0.6 is 11.8 Å². The average molecular weight is 557 g/mol. The van der Waals surface area contributed by atoms with Crippen LogP contribution in [-0.4, -0.2) is 65.6 Å². The van der Waals surface area contributed by atoms with Crippen molar-refractivity contribution in [3.63, 3.8) is 0 Å². The number of rotatable bonds is 6. The van der Waals surface area contributed by atoms with Crippen LogP contribution in [-0.2, 0) is 10.3 Å². The third-order valence-corrected chi connectivity index (χ3v) is 9.54. The first-order valence-electron chi connectivity index (χ1n) is 13.1. The van der Waals surface area contributed by atoms with Crippen molar-refractivity contribution in [2.45, 2.75) is 17.5 Å². The Morgan fingerprint density at radius 2 is 1.75 bits per heavy atom. The molecule has 40 heavy (non-hydrogen) atoms. The van der Waals surface area contributed by atoms with E-state index >= 15 is 0 Å². The molecule has 0 saturated carbocycles. The minimum absolute atomic E-state index is 0.0944. The quantitative estimate of drug-likeness (QED) is 0.337. The molecule has 3 aliphatic rings. The number of H-pyrrole nitrogens is 1. The van der Waals surface area contributed by atoms with Crippen LogP contribution in [0.1, 0.15) is 27.7 Å². The first-order valence-corrected chi connectivity index (χ1v) is 14.2. The second-order valence-electron chi connectivity index (χ2n) is 10.2. The van der Waals surface area contributed by atoms with Gasteiger partial charge in [-0.3, -0.25) is 14.5 Å². The van der Waals surface area contributed by atoms with Gasteiger partial charge in [-0.2, -0.15) is 0 Å². The lowest BCUT2D eigenvalue weighted by atomic mass is 9.70. The third-order valence-electron chi connectivity index (χ3n) is 8.51. The Balaban J connectivity index is 1.49. The van der Waals surface area contributed by atoms with E-state index in [0.717, 1.165) is 28.1 Å². The maximum atomic E-state index is 14.8. The van der Waals surface area contributed by atoms with Gasteiger partial charge >= 0.3 is 0 Å². The molecule has 4 heterocycles. The molecule has 1 amide bonds. The molecule has 3 unspecified atom stereocenters. The van der Waals surface area contributed by atoms with Gasteiger partial charge in [0, 0.05) is 34.8 Å². The van der Waals surface area contributed by atoms with Gasteiger partial charge in [-0.05, 0) is 35.9 Å². The van der Waals surface area contributed by atoms with Gasteiger partial charge in [0.05, 0.1) is 38.3 Å². The lowest BCUT2D eigenvalue weighted by Crippen LogP contribution is -2.52. The molecular weight excluding hydrogens is 528 g/mol. The van der Waals surface area contributed by atoms with E-state index in [0.29, 0.717) is 28.6 Å². The number of para-hydroxylation sites is 3. The van der Waals surface area contributed by atoms with Crippen LogP contribution in [0.25, 0.3) is 11.0 Å². The summed E-state index contributed by atoms with van der Waals surface area (Å²) in [7, 11) is 4.72. The summed E-state index contributed by atoms with van der Waals surface area (Å²) in [6.07, 6.45) is 0. The third kappa shape index (κ3) is 3.29. The number of fused-ring (bicyclic) bond motifs is 5. The van der Waals surface area contributed by atoms with E-state index in [4.69, 9.17) is 14.2 Å². The van der Waals surface area contributed by atoms with Gasteiger partial charge in [-0.25, -0.2) is 4.98 Å². The number of amides is 1. The Labute approximate surface area is 235 Å². The van der Waals surface area contributed by atoms with Gasteiger partial charge < -0.3 is 24.5 Å². The predicted molar refractivity (Wildman–Crippen MR) is 152 cm³/mol. The minimum Gasteiger partial charge on any atom is -0.493 e. The molecule has 204 valence electrons. The highest BCUT2D eigenvalue weighted by molar-refractivity contribution is 7.99. The zero-order chi connectivity index (χ0) is 27.6. The number of ketones is 1. The molecule has 1 aromatic heterocycles. The largest absolute Gasteiger partial charge is 0.493 e. The van der Waals surface area contributed by atoms with Crippen molar-refractivity contribution in [3.05, 3.63) is 77.6 Å². The molecule has 3 aliphatic heterocycles. The summed E-state index contributed by atoms with van der Waals surface area (Å²) in [4.78, 5) is 39.1. The zero-order valence-electron chi connectivity index (χ0n) is 22.3. The molecule has 2 saturated heterocycles. The predicted octanol–water partition coefficient (Wildman–Crippen LogP) is 4.41. The zero-order valence-corrected chi connectivity index (χ0v) is 23.1. The Morgan fingerprint density at radius 1 is 1.02 bits per heavy atom. The molecule has 0 bridgehead atoms. The number of benzene rings is 3. The molecule has 2 fully saturated rings. The van der Waals surface area contributed by atoms with Crippen molar-refractivity contribution in [1.82, 2.24) is 14.9 Å². The highest BCUT2D eigenvalue weighted by Gasteiger charge is 2.70. The summed E-state index contributed by atoms with van der Waals surface area (Å²) in [6, 6.07) is 19.0. The smallest absolute Gasteiger partial charge is 0.250 e. The number of carbonyl (C=O) groups excluding carboxylic acids is 2. The second-order valence-corrected chi connectivity index (χ2v) is 11.2. The second kappa shape index (κ2) is 9.28. The molecule has 7 rings (SSSR count). The van der Waals surface area contributed by atoms with E-state index in [1.54, 1.807) is 33.1 Å². The fourth-order valence-corrected chi connectivity index (χ4v) is 8.24. The number of nitrogens with one attached hydrogen (secondary N) is 2. The number of ether oxygens (including phenoxy) is 3. The first-order chi connectivity index (χ1) is 19.5. The van der Waals surface area contributed by atoms with Gasteiger partial charge in [0.1, 0.15) is 5.54 Å². The standard InChI is InChI=1S/C30H28N4O5S/c1-37-22-12-16(13-23(38-2)27(22)39-3)24-21-14-40-15-34(21)30(17-8-4-5-9-18(17)33-29(30)36)25(24)26(35)28-31-19-10-6-7-11-20(19)32-28/h4-13,21,24-25H,14-15H2,1-3H3,(H,31,32)(H,33,36)/t21?,24?,25?,30-/m1/s1. The number of Topliss-reactive ketones (excluding diaryl/α,β-unsaturated/α-hetero) is 1. The Morgan fingerprint density at radius 3 is 2.48 bits per heavy atom. The van der Waals surface area contributed by atoms with Crippen molar-refractivity contribution >= 4 is 40.2 Å². The van der Waals surface area contributed by atoms with Crippen LogP contribution in [0, 0.1) is 5.92 Å². The van der Waals surface area contributed by atoms with Crippen LogP contribution < -0.4 is 19.5 Å². The number of nitrogens with zero attached hydrogens (tertiary/aromatic N) is 2. The Bertz CT molecular complexity index is 1610.